The van der Waals surface area contributed by atoms with Crippen LogP contribution in [0.25, 0.3) is 0 Å². The van der Waals surface area contributed by atoms with Crippen LogP contribution in [0.5, 0.6) is 0 Å². The summed E-state index contributed by atoms with van der Waals surface area (Å²) in [5.74, 6) is -0.212. The summed E-state index contributed by atoms with van der Waals surface area (Å²) in [6.07, 6.45) is 3.21. The fourth-order valence-corrected chi connectivity index (χ4v) is 2.75. The lowest BCUT2D eigenvalue weighted by atomic mass is 9.77. The zero-order valence-electron chi connectivity index (χ0n) is 11.5. The van der Waals surface area contributed by atoms with Crippen molar-refractivity contribution in [1.29, 1.82) is 0 Å². The summed E-state index contributed by atoms with van der Waals surface area (Å²) in [4.78, 5) is 0. The van der Waals surface area contributed by atoms with E-state index in [9.17, 15) is 8.78 Å². The largest absolute Gasteiger partial charge is 0.378 e. The second-order valence-corrected chi connectivity index (χ2v) is 5.16. The van der Waals surface area contributed by atoms with E-state index in [0.717, 1.165) is 31.9 Å². The molecule has 1 unspecified atom stereocenters. The van der Waals surface area contributed by atoms with E-state index in [1.807, 2.05) is 6.92 Å². The van der Waals surface area contributed by atoms with E-state index in [2.05, 4.69) is 5.32 Å². The molecule has 0 aliphatic heterocycles. The van der Waals surface area contributed by atoms with Crippen molar-refractivity contribution in [3.63, 3.8) is 0 Å². The smallest absolute Gasteiger partial charge is 0.128 e. The summed E-state index contributed by atoms with van der Waals surface area (Å²) in [5, 5.41) is 3.08. The molecule has 2 rings (SSSR count). The summed E-state index contributed by atoms with van der Waals surface area (Å²) in [5.41, 5.74) is 0.419. The van der Waals surface area contributed by atoms with Crippen molar-refractivity contribution in [1.82, 2.24) is 5.32 Å². The quantitative estimate of drug-likeness (QED) is 0.854. The fourth-order valence-electron chi connectivity index (χ4n) is 2.75. The third-order valence-electron chi connectivity index (χ3n) is 3.85. The van der Waals surface area contributed by atoms with E-state index in [-0.39, 0.29) is 11.9 Å². The molecule has 4 heteroatoms. The van der Waals surface area contributed by atoms with E-state index in [1.165, 1.54) is 12.1 Å². The number of rotatable bonds is 6. The fraction of sp³-hybridized carbons (Fsp3) is 0.600. The molecule has 1 aromatic carbocycles. The third-order valence-corrected chi connectivity index (χ3v) is 3.85. The lowest BCUT2D eigenvalue weighted by Gasteiger charge is -2.37. The highest BCUT2D eigenvalue weighted by molar-refractivity contribution is 5.22. The lowest BCUT2D eigenvalue weighted by molar-refractivity contribution is -0.0290. The van der Waals surface area contributed by atoms with Crippen LogP contribution in [0.4, 0.5) is 8.78 Å². The molecule has 0 saturated heterocycles. The summed E-state index contributed by atoms with van der Waals surface area (Å²) >= 11 is 0. The van der Waals surface area contributed by atoms with Crippen molar-refractivity contribution in [3.05, 3.63) is 35.4 Å². The van der Waals surface area contributed by atoms with Gasteiger partial charge in [0.25, 0.3) is 0 Å². The van der Waals surface area contributed by atoms with Gasteiger partial charge in [0, 0.05) is 18.2 Å². The van der Waals surface area contributed by atoms with Crippen molar-refractivity contribution in [2.75, 3.05) is 13.7 Å². The van der Waals surface area contributed by atoms with Gasteiger partial charge < -0.3 is 10.1 Å². The molecule has 0 radical (unpaired) electrons. The second kappa shape index (κ2) is 6.44. The Morgan fingerprint density at radius 2 is 2.11 bits per heavy atom. The van der Waals surface area contributed by atoms with Gasteiger partial charge in [0.15, 0.2) is 0 Å². The van der Waals surface area contributed by atoms with Crippen LogP contribution >= 0.6 is 0 Å². The molecule has 1 aliphatic rings. The standard InChI is InChI=1S/C15H21F2NO/c1-3-19-12-6-10(7-12)8-15(18-2)13-9-11(16)4-5-14(13)17/h4-5,9-10,12,15,18H,3,6-8H2,1-2H3. The molecule has 0 bridgehead atoms. The predicted octanol–water partition coefficient (Wildman–Crippen LogP) is 3.43. The minimum atomic E-state index is -0.391. The maximum atomic E-state index is 13.7. The van der Waals surface area contributed by atoms with Gasteiger partial charge in [0.05, 0.1) is 6.10 Å². The van der Waals surface area contributed by atoms with Gasteiger partial charge in [-0.15, -0.1) is 0 Å². The Morgan fingerprint density at radius 1 is 1.37 bits per heavy atom. The molecule has 0 aromatic heterocycles. The molecule has 0 spiro atoms. The van der Waals surface area contributed by atoms with Gasteiger partial charge in [0.1, 0.15) is 11.6 Å². The summed E-state index contributed by atoms with van der Waals surface area (Å²) in [6.45, 7) is 2.73. The van der Waals surface area contributed by atoms with E-state index in [0.29, 0.717) is 17.6 Å². The normalized spacial score (nSPS) is 24.0. The van der Waals surface area contributed by atoms with Crippen molar-refractivity contribution >= 4 is 0 Å². The highest BCUT2D eigenvalue weighted by atomic mass is 19.1. The van der Waals surface area contributed by atoms with Crippen LogP contribution in [-0.4, -0.2) is 19.8 Å². The van der Waals surface area contributed by atoms with E-state index in [4.69, 9.17) is 4.74 Å². The average molecular weight is 269 g/mol. The summed E-state index contributed by atoms with van der Waals surface area (Å²) in [7, 11) is 1.79. The number of ether oxygens (including phenoxy) is 1. The Bertz CT molecular complexity index is 419. The zero-order valence-corrected chi connectivity index (χ0v) is 11.5. The molecule has 0 amide bonds. The molecule has 19 heavy (non-hydrogen) atoms. The molecule has 1 N–H and O–H groups in total. The molecule has 2 nitrogen and oxygen atoms in total. The van der Waals surface area contributed by atoms with Gasteiger partial charge in [-0.25, -0.2) is 8.78 Å². The average Bonchev–Trinajstić information content (AvgIpc) is 2.35. The first-order chi connectivity index (χ1) is 9.13. The Balaban J connectivity index is 1.95. The van der Waals surface area contributed by atoms with E-state index < -0.39 is 5.82 Å². The van der Waals surface area contributed by atoms with E-state index >= 15 is 0 Å². The number of hydrogen-bond acceptors (Lipinski definition) is 2. The minimum absolute atomic E-state index is 0.136. The number of hydrogen-bond donors (Lipinski definition) is 1. The first-order valence-electron chi connectivity index (χ1n) is 6.87. The minimum Gasteiger partial charge on any atom is -0.378 e. The van der Waals surface area contributed by atoms with Crippen LogP contribution < -0.4 is 5.32 Å². The highest BCUT2D eigenvalue weighted by Crippen LogP contribution is 2.37. The Hall–Kier alpha value is -1.00. The van der Waals surface area contributed by atoms with Crippen LogP contribution in [0.1, 0.15) is 37.8 Å². The predicted molar refractivity (Wildman–Crippen MR) is 70.9 cm³/mol. The van der Waals surface area contributed by atoms with Gasteiger partial charge in [-0.3, -0.25) is 0 Å². The maximum absolute atomic E-state index is 13.7. The Kier molecular flexibility index (Phi) is 4.88. The number of benzene rings is 1. The molecular formula is C15H21F2NO. The van der Waals surface area contributed by atoms with Gasteiger partial charge in [-0.1, -0.05) is 0 Å². The van der Waals surface area contributed by atoms with E-state index in [1.54, 1.807) is 7.05 Å². The van der Waals surface area contributed by atoms with Crippen LogP contribution in [0.3, 0.4) is 0 Å². The molecule has 0 heterocycles. The summed E-state index contributed by atoms with van der Waals surface area (Å²) in [6, 6.07) is 3.50. The van der Waals surface area contributed by atoms with Crippen LogP contribution in [0, 0.1) is 17.6 Å². The summed E-state index contributed by atoms with van der Waals surface area (Å²) < 4.78 is 32.5. The molecule has 1 saturated carbocycles. The van der Waals surface area contributed by atoms with Gasteiger partial charge in [0.2, 0.25) is 0 Å². The van der Waals surface area contributed by atoms with Gasteiger partial charge in [-0.2, -0.15) is 0 Å². The Morgan fingerprint density at radius 3 is 2.74 bits per heavy atom. The molecular weight excluding hydrogens is 248 g/mol. The lowest BCUT2D eigenvalue weighted by Crippen LogP contribution is -2.34. The second-order valence-electron chi connectivity index (χ2n) is 5.16. The monoisotopic (exact) mass is 269 g/mol. The zero-order chi connectivity index (χ0) is 13.8. The molecule has 1 aromatic rings. The van der Waals surface area contributed by atoms with Crippen molar-refractivity contribution < 1.29 is 13.5 Å². The maximum Gasteiger partial charge on any atom is 0.128 e. The molecule has 1 atom stereocenters. The highest BCUT2D eigenvalue weighted by Gasteiger charge is 2.32. The van der Waals surface area contributed by atoms with Gasteiger partial charge in [-0.05, 0) is 57.4 Å². The molecule has 1 aliphatic carbocycles. The topological polar surface area (TPSA) is 21.3 Å². The van der Waals surface area contributed by atoms with Crippen molar-refractivity contribution in [3.8, 4) is 0 Å². The third kappa shape index (κ3) is 3.51. The van der Waals surface area contributed by atoms with Crippen molar-refractivity contribution in [2.24, 2.45) is 5.92 Å². The first-order valence-corrected chi connectivity index (χ1v) is 6.87. The molecule has 106 valence electrons. The van der Waals surface area contributed by atoms with Crippen LogP contribution in [0.15, 0.2) is 18.2 Å². The Labute approximate surface area is 113 Å². The first kappa shape index (κ1) is 14.4. The van der Waals surface area contributed by atoms with Gasteiger partial charge >= 0.3 is 0 Å². The SMILES string of the molecule is CCOC1CC(CC(NC)c2cc(F)ccc2F)C1. The number of halogens is 2. The molecule has 1 fully saturated rings. The van der Waals surface area contributed by atoms with Crippen molar-refractivity contribution in [2.45, 2.75) is 38.3 Å². The van der Waals surface area contributed by atoms with Crippen LogP contribution in [-0.2, 0) is 4.74 Å². The number of nitrogens with one attached hydrogen (secondary N) is 1. The van der Waals surface area contributed by atoms with Crippen LogP contribution in [0.2, 0.25) is 0 Å².